The summed E-state index contributed by atoms with van der Waals surface area (Å²) in [4.78, 5) is 2.51. The minimum atomic E-state index is 0.741. The van der Waals surface area contributed by atoms with Crippen LogP contribution in [0.15, 0.2) is 24.3 Å². The van der Waals surface area contributed by atoms with Gasteiger partial charge >= 0.3 is 0 Å². The summed E-state index contributed by atoms with van der Waals surface area (Å²) in [5.74, 6) is 0. The summed E-state index contributed by atoms with van der Waals surface area (Å²) < 4.78 is 0. The topological polar surface area (TPSA) is 3.24 Å². The molecule has 1 aliphatic carbocycles. The van der Waals surface area contributed by atoms with Crippen LogP contribution < -0.4 is 4.90 Å². The Morgan fingerprint density at radius 2 is 1.71 bits per heavy atom. The fourth-order valence-electron chi connectivity index (χ4n) is 2.69. The van der Waals surface area contributed by atoms with Gasteiger partial charge in [-0.05, 0) is 31.9 Å². The van der Waals surface area contributed by atoms with Crippen molar-refractivity contribution < 1.29 is 0 Å². The van der Waals surface area contributed by atoms with Crippen LogP contribution in [0.4, 0.5) is 5.69 Å². The standard InChI is InChI=1S/C13H17N/c1-11-3-5-12(6-4-11)14-9-13(10-14)7-2-8-13/h3-6H,2,7-10H2,1H3. The van der Waals surface area contributed by atoms with E-state index in [0.717, 1.165) is 5.41 Å². The first-order valence-corrected chi connectivity index (χ1v) is 5.59. The Bertz CT molecular complexity index is 327. The lowest BCUT2D eigenvalue weighted by atomic mass is 9.63. The van der Waals surface area contributed by atoms with E-state index in [1.807, 2.05) is 0 Å². The lowest BCUT2D eigenvalue weighted by Gasteiger charge is -2.57. The van der Waals surface area contributed by atoms with Crippen molar-refractivity contribution in [2.45, 2.75) is 26.2 Å². The van der Waals surface area contributed by atoms with E-state index in [0.29, 0.717) is 0 Å². The van der Waals surface area contributed by atoms with E-state index in [-0.39, 0.29) is 0 Å². The van der Waals surface area contributed by atoms with E-state index in [2.05, 4.69) is 36.1 Å². The van der Waals surface area contributed by atoms with Gasteiger partial charge in [0.05, 0.1) is 0 Å². The third kappa shape index (κ3) is 1.15. The second-order valence-corrected chi connectivity index (χ2v) is 5.05. The van der Waals surface area contributed by atoms with E-state index in [4.69, 9.17) is 0 Å². The molecule has 1 aromatic carbocycles. The molecule has 14 heavy (non-hydrogen) atoms. The van der Waals surface area contributed by atoms with Crippen molar-refractivity contribution in [1.82, 2.24) is 0 Å². The van der Waals surface area contributed by atoms with Gasteiger partial charge in [0, 0.05) is 24.2 Å². The van der Waals surface area contributed by atoms with Crippen LogP contribution in [0.2, 0.25) is 0 Å². The normalized spacial score (nSPS) is 23.1. The Balaban J connectivity index is 1.70. The van der Waals surface area contributed by atoms with Crippen LogP contribution in [0, 0.1) is 12.3 Å². The van der Waals surface area contributed by atoms with Gasteiger partial charge in [0.2, 0.25) is 0 Å². The number of nitrogens with zero attached hydrogens (tertiary/aromatic N) is 1. The molecular weight excluding hydrogens is 170 g/mol. The largest absolute Gasteiger partial charge is 0.370 e. The number of hydrogen-bond acceptors (Lipinski definition) is 1. The van der Waals surface area contributed by atoms with Crippen molar-refractivity contribution >= 4 is 5.69 Å². The lowest BCUT2D eigenvalue weighted by molar-refractivity contribution is 0.0904. The first-order valence-electron chi connectivity index (χ1n) is 5.59. The second kappa shape index (κ2) is 2.75. The average molecular weight is 187 g/mol. The maximum absolute atomic E-state index is 2.51. The molecular formula is C13H17N. The molecule has 3 rings (SSSR count). The highest BCUT2D eigenvalue weighted by Crippen LogP contribution is 2.49. The zero-order valence-electron chi connectivity index (χ0n) is 8.79. The van der Waals surface area contributed by atoms with Gasteiger partial charge in [-0.2, -0.15) is 0 Å². The van der Waals surface area contributed by atoms with Crippen LogP contribution in [0.3, 0.4) is 0 Å². The van der Waals surface area contributed by atoms with Gasteiger partial charge < -0.3 is 4.90 Å². The molecule has 1 heterocycles. The van der Waals surface area contributed by atoms with Gasteiger partial charge in [0.1, 0.15) is 0 Å². The number of aryl methyl sites for hydroxylation is 1. The highest BCUT2D eigenvalue weighted by atomic mass is 15.2. The van der Waals surface area contributed by atoms with Crippen molar-refractivity contribution in [1.29, 1.82) is 0 Å². The fraction of sp³-hybridized carbons (Fsp3) is 0.538. The van der Waals surface area contributed by atoms with Gasteiger partial charge in [-0.25, -0.2) is 0 Å². The monoisotopic (exact) mass is 187 g/mol. The molecule has 1 aliphatic heterocycles. The zero-order valence-corrected chi connectivity index (χ0v) is 8.79. The highest BCUT2D eigenvalue weighted by Gasteiger charge is 2.47. The minimum absolute atomic E-state index is 0.741. The van der Waals surface area contributed by atoms with Crippen molar-refractivity contribution in [3.05, 3.63) is 29.8 Å². The molecule has 0 radical (unpaired) electrons. The molecule has 1 saturated carbocycles. The number of rotatable bonds is 1. The predicted molar refractivity (Wildman–Crippen MR) is 59.7 cm³/mol. The molecule has 0 N–H and O–H groups in total. The van der Waals surface area contributed by atoms with E-state index < -0.39 is 0 Å². The molecule has 2 fully saturated rings. The Morgan fingerprint density at radius 3 is 2.21 bits per heavy atom. The first-order chi connectivity index (χ1) is 6.77. The third-order valence-corrected chi connectivity index (χ3v) is 3.87. The molecule has 1 nitrogen and oxygen atoms in total. The quantitative estimate of drug-likeness (QED) is 0.653. The molecule has 0 unspecified atom stereocenters. The second-order valence-electron chi connectivity index (χ2n) is 5.05. The van der Waals surface area contributed by atoms with Crippen molar-refractivity contribution in [2.24, 2.45) is 5.41 Å². The zero-order chi connectivity index (χ0) is 9.60. The summed E-state index contributed by atoms with van der Waals surface area (Å²) in [5, 5.41) is 0. The summed E-state index contributed by atoms with van der Waals surface area (Å²) in [6.07, 6.45) is 4.40. The molecule has 0 aromatic heterocycles. The summed E-state index contributed by atoms with van der Waals surface area (Å²) in [5.41, 5.74) is 3.51. The molecule has 1 aromatic rings. The maximum Gasteiger partial charge on any atom is 0.0366 e. The summed E-state index contributed by atoms with van der Waals surface area (Å²) in [6.45, 7) is 4.75. The summed E-state index contributed by atoms with van der Waals surface area (Å²) in [7, 11) is 0. The summed E-state index contributed by atoms with van der Waals surface area (Å²) in [6, 6.07) is 8.92. The van der Waals surface area contributed by atoms with E-state index in [1.165, 1.54) is 43.6 Å². The third-order valence-electron chi connectivity index (χ3n) is 3.87. The minimum Gasteiger partial charge on any atom is -0.370 e. The van der Waals surface area contributed by atoms with Gasteiger partial charge in [-0.3, -0.25) is 0 Å². The average Bonchev–Trinajstić information content (AvgIpc) is 2.03. The van der Waals surface area contributed by atoms with Crippen LogP contribution in [-0.4, -0.2) is 13.1 Å². The van der Waals surface area contributed by atoms with Gasteiger partial charge in [-0.1, -0.05) is 24.1 Å². The van der Waals surface area contributed by atoms with Crippen LogP contribution in [0.25, 0.3) is 0 Å². The SMILES string of the molecule is Cc1ccc(N2CC3(CCC3)C2)cc1. The molecule has 74 valence electrons. The summed E-state index contributed by atoms with van der Waals surface area (Å²) >= 11 is 0. The van der Waals surface area contributed by atoms with Crippen LogP contribution in [-0.2, 0) is 0 Å². The predicted octanol–water partition coefficient (Wildman–Crippen LogP) is 2.99. The smallest absolute Gasteiger partial charge is 0.0366 e. The van der Waals surface area contributed by atoms with Crippen LogP contribution in [0.1, 0.15) is 24.8 Å². The van der Waals surface area contributed by atoms with Crippen LogP contribution >= 0.6 is 0 Å². The Morgan fingerprint density at radius 1 is 1.07 bits per heavy atom. The molecule has 1 saturated heterocycles. The van der Waals surface area contributed by atoms with Gasteiger partial charge in [0.25, 0.3) is 0 Å². The highest BCUT2D eigenvalue weighted by molar-refractivity contribution is 5.51. The molecule has 1 heteroatoms. The molecule has 0 atom stereocenters. The van der Waals surface area contributed by atoms with E-state index in [9.17, 15) is 0 Å². The van der Waals surface area contributed by atoms with Crippen LogP contribution in [0.5, 0.6) is 0 Å². The lowest BCUT2D eigenvalue weighted by Crippen LogP contribution is -2.59. The number of benzene rings is 1. The fourth-order valence-corrected chi connectivity index (χ4v) is 2.69. The van der Waals surface area contributed by atoms with Crippen molar-refractivity contribution in [3.8, 4) is 0 Å². The van der Waals surface area contributed by atoms with E-state index in [1.54, 1.807) is 0 Å². The maximum atomic E-state index is 2.51. The molecule has 1 spiro atoms. The number of hydrogen-bond donors (Lipinski definition) is 0. The number of anilines is 1. The van der Waals surface area contributed by atoms with E-state index >= 15 is 0 Å². The van der Waals surface area contributed by atoms with Crippen molar-refractivity contribution in [2.75, 3.05) is 18.0 Å². The van der Waals surface area contributed by atoms with Gasteiger partial charge in [0.15, 0.2) is 0 Å². The van der Waals surface area contributed by atoms with Gasteiger partial charge in [-0.15, -0.1) is 0 Å². The Labute approximate surface area is 85.7 Å². The molecule has 0 bridgehead atoms. The first kappa shape index (κ1) is 8.34. The molecule has 2 aliphatic rings. The molecule has 0 amide bonds. The Hall–Kier alpha value is -0.980. The van der Waals surface area contributed by atoms with Crippen molar-refractivity contribution in [3.63, 3.8) is 0 Å². The Kier molecular flexibility index (Phi) is 1.64.